The number of carbonyl (C=O) groups is 2. The first-order valence-electron chi connectivity index (χ1n) is 10.8. The van der Waals surface area contributed by atoms with Crippen LogP contribution in [0.25, 0.3) is 0 Å². The van der Waals surface area contributed by atoms with Gasteiger partial charge in [0.25, 0.3) is 0 Å². The molecule has 2 fully saturated rings. The third kappa shape index (κ3) is 7.37. The van der Waals surface area contributed by atoms with Crippen molar-refractivity contribution in [1.29, 1.82) is 0 Å². The van der Waals surface area contributed by atoms with Gasteiger partial charge in [-0.3, -0.25) is 9.59 Å². The fraction of sp³-hybridized carbons (Fsp3) is 0.905. The lowest BCUT2D eigenvalue weighted by Gasteiger charge is -2.31. The molecule has 0 atom stereocenters. The highest BCUT2D eigenvalue weighted by Crippen LogP contribution is 2.22. The van der Waals surface area contributed by atoms with E-state index in [1.807, 2.05) is 0 Å². The second-order valence-corrected chi connectivity index (χ2v) is 8.14. The Morgan fingerprint density at radius 2 is 1.08 bits per heavy atom. The molecule has 0 radical (unpaired) electrons. The molecule has 0 heterocycles. The summed E-state index contributed by atoms with van der Waals surface area (Å²) in [6.07, 6.45) is 19.3. The van der Waals surface area contributed by atoms with Crippen molar-refractivity contribution in [2.24, 2.45) is 0 Å². The number of hydrogen-bond acceptors (Lipinski definition) is 2. The van der Waals surface area contributed by atoms with Gasteiger partial charge >= 0.3 is 11.8 Å². The van der Waals surface area contributed by atoms with Gasteiger partial charge in [0.15, 0.2) is 0 Å². The largest absolute Gasteiger partial charge is 0.345 e. The van der Waals surface area contributed by atoms with Gasteiger partial charge in [-0.15, -0.1) is 0 Å². The van der Waals surface area contributed by atoms with Gasteiger partial charge in [-0.1, -0.05) is 77.0 Å². The summed E-state index contributed by atoms with van der Waals surface area (Å²) in [4.78, 5) is 26.7. The minimum atomic E-state index is -0.384. The minimum Gasteiger partial charge on any atom is -0.345 e. The van der Waals surface area contributed by atoms with Crippen LogP contribution in [0.3, 0.4) is 0 Å². The molecule has 1 N–H and O–H groups in total. The van der Waals surface area contributed by atoms with Crippen LogP contribution in [0.15, 0.2) is 0 Å². The Kier molecular flexibility index (Phi) is 9.35. The van der Waals surface area contributed by atoms with Gasteiger partial charge in [0.05, 0.1) is 0 Å². The molecule has 0 aromatic heterocycles. The third-order valence-corrected chi connectivity index (χ3v) is 6.08. The van der Waals surface area contributed by atoms with Crippen LogP contribution in [-0.2, 0) is 9.59 Å². The molecular formula is C21H38N2O2. The summed E-state index contributed by atoms with van der Waals surface area (Å²) in [5.41, 5.74) is 0. The lowest BCUT2D eigenvalue weighted by molar-refractivity contribution is -0.147. The molecule has 0 unspecified atom stereocenters. The zero-order valence-corrected chi connectivity index (χ0v) is 16.2. The molecule has 0 saturated heterocycles. The van der Waals surface area contributed by atoms with Gasteiger partial charge < -0.3 is 10.2 Å². The molecule has 2 rings (SSSR count). The normalized spacial score (nSPS) is 22.4. The summed E-state index contributed by atoms with van der Waals surface area (Å²) in [6.45, 7) is 0. The van der Waals surface area contributed by atoms with Crippen molar-refractivity contribution in [2.75, 3.05) is 7.05 Å². The molecule has 0 aromatic rings. The van der Waals surface area contributed by atoms with E-state index in [9.17, 15) is 9.59 Å². The van der Waals surface area contributed by atoms with Crippen LogP contribution in [0.5, 0.6) is 0 Å². The topological polar surface area (TPSA) is 49.4 Å². The van der Waals surface area contributed by atoms with Crippen LogP contribution < -0.4 is 5.32 Å². The highest BCUT2D eigenvalue weighted by Gasteiger charge is 2.27. The summed E-state index contributed by atoms with van der Waals surface area (Å²) in [6, 6.07) is 0.430. The standard InChI is InChI=1S/C21H38N2O2/c1-23(19-16-12-9-13-17-19)21(25)20(24)22-18-14-10-7-5-3-2-4-6-8-11-15-18/h18-19H,2-17H2,1H3,(H,22,24). The summed E-state index contributed by atoms with van der Waals surface area (Å²) in [5.74, 6) is -0.719. The first-order valence-corrected chi connectivity index (χ1v) is 10.8. The first kappa shape index (κ1) is 20.3. The zero-order valence-electron chi connectivity index (χ0n) is 16.2. The molecule has 0 aliphatic heterocycles. The second kappa shape index (κ2) is 11.5. The molecule has 2 amide bonds. The van der Waals surface area contributed by atoms with E-state index in [-0.39, 0.29) is 23.9 Å². The quantitative estimate of drug-likeness (QED) is 0.742. The van der Waals surface area contributed by atoms with Gasteiger partial charge in [0, 0.05) is 19.1 Å². The maximum Gasteiger partial charge on any atom is 0.311 e. The summed E-state index contributed by atoms with van der Waals surface area (Å²) in [5, 5.41) is 3.06. The van der Waals surface area contributed by atoms with Crippen molar-refractivity contribution < 1.29 is 9.59 Å². The van der Waals surface area contributed by atoms with Crippen molar-refractivity contribution >= 4 is 11.8 Å². The van der Waals surface area contributed by atoms with Crippen molar-refractivity contribution in [3.8, 4) is 0 Å². The van der Waals surface area contributed by atoms with Crippen molar-refractivity contribution in [2.45, 2.75) is 115 Å². The molecule has 0 bridgehead atoms. The van der Waals surface area contributed by atoms with E-state index >= 15 is 0 Å². The monoisotopic (exact) mass is 350 g/mol. The maximum atomic E-state index is 12.5. The SMILES string of the molecule is CN(C(=O)C(=O)NC1CCCCCCCCCCC1)C1CCCCC1. The van der Waals surface area contributed by atoms with E-state index < -0.39 is 0 Å². The highest BCUT2D eigenvalue weighted by atomic mass is 16.2. The Balaban J connectivity index is 1.81. The Bertz CT molecular complexity index is 393. The molecular weight excluding hydrogens is 312 g/mol. The third-order valence-electron chi connectivity index (χ3n) is 6.08. The van der Waals surface area contributed by atoms with Crippen molar-refractivity contribution in [1.82, 2.24) is 10.2 Å². The van der Waals surface area contributed by atoms with E-state index in [2.05, 4.69) is 5.32 Å². The fourth-order valence-corrected chi connectivity index (χ4v) is 4.35. The van der Waals surface area contributed by atoms with Crippen LogP contribution in [0.2, 0.25) is 0 Å². The number of nitrogens with one attached hydrogen (secondary N) is 1. The van der Waals surface area contributed by atoms with E-state index in [1.54, 1.807) is 11.9 Å². The Morgan fingerprint density at radius 1 is 0.680 bits per heavy atom. The average molecular weight is 351 g/mol. The zero-order chi connectivity index (χ0) is 17.9. The highest BCUT2D eigenvalue weighted by molar-refractivity contribution is 6.35. The molecule has 2 saturated carbocycles. The van der Waals surface area contributed by atoms with Crippen LogP contribution in [0.1, 0.15) is 103 Å². The molecule has 4 nitrogen and oxygen atoms in total. The van der Waals surface area contributed by atoms with Crippen LogP contribution in [0.4, 0.5) is 0 Å². The number of amides is 2. The van der Waals surface area contributed by atoms with E-state index in [0.29, 0.717) is 0 Å². The number of carbonyl (C=O) groups excluding carboxylic acids is 2. The molecule has 0 aromatic carbocycles. The van der Waals surface area contributed by atoms with Gasteiger partial charge in [-0.25, -0.2) is 0 Å². The molecule has 4 heteroatoms. The molecule has 2 aliphatic carbocycles. The smallest absolute Gasteiger partial charge is 0.311 e. The van der Waals surface area contributed by atoms with Gasteiger partial charge in [-0.2, -0.15) is 0 Å². The van der Waals surface area contributed by atoms with E-state index in [1.165, 1.54) is 64.2 Å². The fourth-order valence-electron chi connectivity index (χ4n) is 4.35. The first-order chi connectivity index (χ1) is 12.2. The Morgan fingerprint density at radius 3 is 1.60 bits per heavy atom. The number of rotatable bonds is 2. The molecule has 2 aliphatic rings. The lowest BCUT2D eigenvalue weighted by Crippen LogP contribution is -2.48. The van der Waals surface area contributed by atoms with Gasteiger partial charge in [0.2, 0.25) is 0 Å². The van der Waals surface area contributed by atoms with E-state index in [0.717, 1.165) is 38.5 Å². The summed E-state index contributed by atoms with van der Waals surface area (Å²) in [7, 11) is 1.80. The Hall–Kier alpha value is -1.06. The number of hydrogen-bond donors (Lipinski definition) is 1. The predicted octanol–water partition coefficient (Wildman–Crippen LogP) is 4.57. The van der Waals surface area contributed by atoms with Crippen LogP contribution in [-0.4, -0.2) is 35.8 Å². The van der Waals surface area contributed by atoms with Crippen LogP contribution in [0, 0.1) is 0 Å². The Labute approximate surface area is 154 Å². The maximum absolute atomic E-state index is 12.5. The average Bonchev–Trinajstić information content (AvgIpc) is 2.63. The van der Waals surface area contributed by atoms with E-state index in [4.69, 9.17) is 0 Å². The second-order valence-electron chi connectivity index (χ2n) is 8.14. The molecule has 25 heavy (non-hydrogen) atoms. The van der Waals surface area contributed by atoms with Gasteiger partial charge in [0.1, 0.15) is 0 Å². The predicted molar refractivity (Wildman–Crippen MR) is 102 cm³/mol. The lowest BCUT2D eigenvalue weighted by atomic mass is 9.94. The minimum absolute atomic E-state index is 0.177. The van der Waals surface area contributed by atoms with Crippen molar-refractivity contribution in [3.05, 3.63) is 0 Å². The van der Waals surface area contributed by atoms with Crippen molar-refractivity contribution in [3.63, 3.8) is 0 Å². The number of likely N-dealkylation sites (N-methyl/N-ethyl adjacent to an activating group) is 1. The summed E-state index contributed by atoms with van der Waals surface area (Å²) < 4.78 is 0. The summed E-state index contributed by atoms with van der Waals surface area (Å²) >= 11 is 0. The molecule has 0 spiro atoms. The molecule has 144 valence electrons. The van der Waals surface area contributed by atoms with Crippen LogP contribution >= 0.6 is 0 Å². The van der Waals surface area contributed by atoms with Gasteiger partial charge in [-0.05, 0) is 25.7 Å². The number of nitrogens with zero attached hydrogens (tertiary/aromatic N) is 1.